The molecule has 8 nitrogen and oxygen atoms in total. The molecule has 2 aromatic carbocycles. The van der Waals surface area contributed by atoms with Gasteiger partial charge in [-0.3, -0.25) is 4.79 Å². The van der Waals surface area contributed by atoms with Crippen molar-refractivity contribution in [2.24, 2.45) is 0 Å². The lowest BCUT2D eigenvalue weighted by Crippen LogP contribution is -2.36. The van der Waals surface area contributed by atoms with Crippen LogP contribution < -0.4 is 15.5 Å². The van der Waals surface area contributed by atoms with Crippen LogP contribution >= 0.6 is 0 Å². The molecule has 0 saturated carbocycles. The lowest BCUT2D eigenvalue weighted by Gasteiger charge is -2.30. The smallest absolute Gasteiger partial charge is 0.249 e. The Morgan fingerprint density at radius 2 is 1.79 bits per heavy atom. The van der Waals surface area contributed by atoms with E-state index in [-0.39, 0.29) is 5.78 Å². The highest BCUT2D eigenvalue weighted by Gasteiger charge is 2.15. The molecule has 1 aliphatic heterocycles. The van der Waals surface area contributed by atoms with Crippen molar-refractivity contribution in [3.8, 4) is 0 Å². The van der Waals surface area contributed by atoms with E-state index in [4.69, 9.17) is 4.74 Å². The summed E-state index contributed by atoms with van der Waals surface area (Å²) in [5.41, 5.74) is 3.48. The zero-order chi connectivity index (χ0) is 20.1. The fraction of sp³-hybridized carbons (Fsp3) is 0.238. The quantitative estimate of drug-likeness (QED) is 0.619. The molecule has 0 amide bonds. The third-order valence-corrected chi connectivity index (χ3v) is 4.62. The molecule has 8 heteroatoms. The fourth-order valence-electron chi connectivity index (χ4n) is 3.13. The van der Waals surface area contributed by atoms with Crippen molar-refractivity contribution < 1.29 is 9.53 Å². The normalized spacial score (nSPS) is 13.8. The summed E-state index contributed by atoms with van der Waals surface area (Å²) in [7, 11) is 0. The van der Waals surface area contributed by atoms with Gasteiger partial charge in [-0.25, -0.2) is 0 Å². The third kappa shape index (κ3) is 4.67. The number of Topliss-reactive ketones (excluding diaryl/α,β-unsaturated/α-hetero) is 1. The van der Waals surface area contributed by atoms with Crippen molar-refractivity contribution in [3.05, 3.63) is 60.3 Å². The minimum atomic E-state index is 0.0330. The Hall–Kier alpha value is -3.52. The lowest BCUT2D eigenvalue weighted by atomic mass is 10.1. The van der Waals surface area contributed by atoms with Crippen molar-refractivity contribution in [2.75, 3.05) is 41.8 Å². The molecule has 0 bridgehead atoms. The van der Waals surface area contributed by atoms with E-state index in [0.717, 1.165) is 30.2 Å². The predicted molar refractivity (Wildman–Crippen MR) is 112 cm³/mol. The summed E-state index contributed by atoms with van der Waals surface area (Å²) < 4.78 is 5.45. The van der Waals surface area contributed by atoms with Crippen LogP contribution in [0.25, 0.3) is 0 Å². The number of ketones is 1. The van der Waals surface area contributed by atoms with Gasteiger partial charge in [-0.2, -0.15) is 10.1 Å². The third-order valence-electron chi connectivity index (χ3n) is 4.62. The van der Waals surface area contributed by atoms with Gasteiger partial charge in [0.1, 0.15) is 0 Å². The number of hydrogen-bond donors (Lipinski definition) is 2. The number of nitrogens with zero attached hydrogens (tertiary/aromatic N) is 4. The van der Waals surface area contributed by atoms with Crippen LogP contribution in [0.4, 0.5) is 28.8 Å². The number of ether oxygens (including phenoxy) is 1. The maximum atomic E-state index is 11.4. The summed E-state index contributed by atoms with van der Waals surface area (Å²) >= 11 is 0. The molecule has 0 spiro atoms. The van der Waals surface area contributed by atoms with Crippen molar-refractivity contribution in [2.45, 2.75) is 6.92 Å². The van der Waals surface area contributed by atoms with Gasteiger partial charge >= 0.3 is 0 Å². The van der Waals surface area contributed by atoms with Gasteiger partial charge in [-0.05, 0) is 43.3 Å². The number of anilines is 5. The Balaban J connectivity index is 1.50. The van der Waals surface area contributed by atoms with Crippen LogP contribution in [0, 0.1) is 0 Å². The first-order valence-electron chi connectivity index (χ1n) is 9.45. The zero-order valence-electron chi connectivity index (χ0n) is 16.1. The molecule has 2 N–H and O–H groups in total. The number of nitrogens with one attached hydrogen (secondary N) is 2. The second-order valence-corrected chi connectivity index (χ2v) is 6.67. The standard InChI is InChI=1S/C21H22N6O2/c1-15(28)16-6-8-17(9-7-16)23-20-14-22-26-21(25-20)24-18-4-2-3-5-19(18)27-10-12-29-13-11-27/h2-9,14H,10-13H2,1H3,(H2,23,24,25,26). The Bertz CT molecular complexity index is 986. The molecular formula is C21H22N6O2. The van der Waals surface area contributed by atoms with Gasteiger partial charge in [0.25, 0.3) is 0 Å². The van der Waals surface area contributed by atoms with Crippen LogP contribution in [0.2, 0.25) is 0 Å². The van der Waals surface area contributed by atoms with Gasteiger partial charge in [0.05, 0.1) is 30.8 Å². The number of aromatic nitrogens is 3. The molecule has 0 aliphatic carbocycles. The van der Waals surface area contributed by atoms with Gasteiger partial charge in [-0.1, -0.05) is 12.1 Å². The van der Waals surface area contributed by atoms with Crippen LogP contribution in [0.3, 0.4) is 0 Å². The summed E-state index contributed by atoms with van der Waals surface area (Å²) in [6.45, 7) is 4.66. The fourth-order valence-corrected chi connectivity index (χ4v) is 3.13. The van der Waals surface area contributed by atoms with E-state index in [1.165, 1.54) is 0 Å². The zero-order valence-corrected chi connectivity index (χ0v) is 16.1. The summed E-state index contributed by atoms with van der Waals surface area (Å²) in [4.78, 5) is 18.2. The van der Waals surface area contributed by atoms with E-state index in [2.05, 4.69) is 36.8 Å². The number of morpholine rings is 1. The Kier molecular flexibility index (Phi) is 5.62. The Morgan fingerprint density at radius 1 is 1.03 bits per heavy atom. The molecule has 0 atom stereocenters. The molecule has 4 rings (SSSR count). The van der Waals surface area contributed by atoms with Crippen molar-refractivity contribution in [3.63, 3.8) is 0 Å². The first-order valence-corrected chi connectivity index (χ1v) is 9.45. The van der Waals surface area contributed by atoms with E-state index >= 15 is 0 Å². The number of carbonyl (C=O) groups excluding carboxylic acids is 1. The summed E-state index contributed by atoms with van der Waals surface area (Å²) in [5.74, 6) is 0.990. The predicted octanol–water partition coefficient (Wildman–Crippen LogP) is 3.40. The monoisotopic (exact) mass is 390 g/mol. The van der Waals surface area contributed by atoms with Crippen LogP contribution in [-0.4, -0.2) is 47.3 Å². The van der Waals surface area contributed by atoms with Crippen molar-refractivity contribution >= 4 is 34.6 Å². The molecular weight excluding hydrogens is 368 g/mol. The number of hydrogen-bond acceptors (Lipinski definition) is 8. The second-order valence-electron chi connectivity index (χ2n) is 6.67. The van der Waals surface area contributed by atoms with E-state index in [9.17, 15) is 4.79 Å². The topological polar surface area (TPSA) is 92.3 Å². The summed E-state index contributed by atoms with van der Waals surface area (Å²) in [6.07, 6.45) is 1.55. The second kappa shape index (κ2) is 8.66. The molecule has 29 heavy (non-hydrogen) atoms. The van der Waals surface area contributed by atoms with Crippen LogP contribution in [0.1, 0.15) is 17.3 Å². The van der Waals surface area contributed by atoms with Gasteiger partial charge in [0.15, 0.2) is 11.6 Å². The van der Waals surface area contributed by atoms with E-state index < -0.39 is 0 Å². The molecule has 0 radical (unpaired) electrons. The maximum Gasteiger partial charge on any atom is 0.249 e. The van der Waals surface area contributed by atoms with E-state index in [1.807, 2.05) is 30.3 Å². The minimum absolute atomic E-state index is 0.0330. The molecule has 1 saturated heterocycles. The molecule has 1 aromatic heterocycles. The first kappa shape index (κ1) is 18.8. The average Bonchev–Trinajstić information content (AvgIpc) is 2.75. The molecule has 2 heterocycles. The number of carbonyl (C=O) groups is 1. The van der Waals surface area contributed by atoms with Gasteiger partial charge in [0.2, 0.25) is 5.95 Å². The molecule has 148 valence electrons. The van der Waals surface area contributed by atoms with E-state index in [1.54, 1.807) is 25.3 Å². The Morgan fingerprint density at radius 3 is 2.55 bits per heavy atom. The largest absolute Gasteiger partial charge is 0.378 e. The van der Waals surface area contributed by atoms with Gasteiger partial charge in [0, 0.05) is 24.3 Å². The highest BCUT2D eigenvalue weighted by atomic mass is 16.5. The minimum Gasteiger partial charge on any atom is -0.378 e. The van der Waals surface area contributed by atoms with E-state index in [0.29, 0.717) is 30.5 Å². The van der Waals surface area contributed by atoms with Crippen molar-refractivity contribution in [1.29, 1.82) is 0 Å². The summed E-state index contributed by atoms with van der Waals surface area (Å²) in [5, 5.41) is 14.6. The van der Waals surface area contributed by atoms with Crippen LogP contribution in [0.15, 0.2) is 54.7 Å². The number of rotatable bonds is 6. The first-order chi connectivity index (χ1) is 14.2. The van der Waals surface area contributed by atoms with Crippen molar-refractivity contribution in [1.82, 2.24) is 15.2 Å². The van der Waals surface area contributed by atoms with Gasteiger partial charge < -0.3 is 20.3 Å². The lowest BCUT2D eigenvalue weighted by molar-refractivity contribution is 0.101. The maximum absolute atomic E-state index is 11.4. The van der Waals surface area contributed by atoms with Crippen LogP contribution in [-0.2, 0) is 4.74 Å². The Labute approximate surface area is 168 Å². The number of para-hydroxylation sites is 2. The molecule has 0 unspecified atom stereocenters. The highest BCUT2D eigenvalue weighted by molar-refractivity contribution is 5.94. The number of benzene rings is 2. The van der Waals surface area contributed by atoms with Crippen LogP contribution in [0.5, 0.6) is 0 Å². The van der Waals surface area contributed by atoms with Gasteiger partial charge in [-0.15, -0.1) is 5.10 Å². The molecule has 1 aliphatic rings. The molecule has 1 fully saturated rings. The average molecular weight is 390 g/mol. The SMILES string of the molecule is CC(=O)c1ccc(Nc2cnnc(Nc3ccccc3N3CCOCC3)n2)cc1. The highest BCUT2D eigenvalue weighted by Crippen LogP contribution is 2.28. The summed E-state index contributed by atoms with van der Waals surface area (Å²) in [6, 6.07) is 15.3. The molecule has 3 aromatic rings.